The van der Waals surface area contributed by atoms with Gasteiger partial charge < -0.3 is 9.47 Å². The topological polar surface area (TPSA) is 52.6 Å². The van der Waals surface area contributed by atoms with Crippen LogP contribution in [0.5, 0.6) is 5.75 Å². The van der Waals surface area contributed by atoms with Gasteiger partial charge in [-0.1, -0.05) is 50.6 Å². The molecule has 0 saturated heterocycles. The van der Waals surface area contributed by atoms with Crippen molar-refractivity contribution in [3.05, 3.63) is 64.1 Å². The van der Waals surface area contributed by atoms with Gasteiger partial charge in [0.05, 0.1) is 12.5 Å². The van der Waals surface area contributed by atoms with Crippen molar-refractivity contribution in [2.45, 2.75) is 19.4 Å². The zero-order valence-electron chi connectivity index (χ0n) is 13.9. The minimum absolute atomic E-state index is 0.113. The Hall–Kier alpha value is -1.50. The number of ether oxygens (including phenoxy) is 2. The molecule has 0 aliphatic rings. The third kappa shape index (κ3) is 10.2. The molecule has 0 spiro atoms. The first kappa shape index (κ1) is 21.5. The largest absolute Gasteiger partial charge is 0.486 e. The zero-order chi connectivity index (χ0) is 18.7. The van der Waals surface area contributed by atoms with Gasteiger partial charge in [-0.05, 0) is 43.3 Å². The van der Waals surface area contributed by atoms with Crippen LogP contribution in [0.4, 0.5) is 0 Å². The van der Waals surface area contributed by atoms with Crippen LogP contribution in [0.15, 0.2) is 64.1 Å². The summed E-state index contributed by atoms with van der Waals surface area (Å²) in [5.41, 5.74) is 0. The van der Waals surface area contributed by atoms with E-state index in [2.05, 4.69) is 38.4 Å². The number of hydrogen-bond donors (Lipinski definition) is 0. The fraction of sp³-hybridized carbons (Fsp3) is 0.263. The monoisotopic (exact) mass is 470 g/mol. The molecule has 6 heteroatoms. The summed E-state index contributed by atoms with van der Waals surface area (Å²) in [6, 6.07) is 7.12. The fourth-order valence-electron chi connectivity index (χ4n) is 1.69. The zero-order valence-corrected chi connectivity index (χ0v) is 17.1. The van der Waals surface area contributed by atoms with Crippen LogP contribution in [0.3, 0.4) is 0 Å². The van der Waals surface area contributed by atoms with Crippen molar-refractivity contribution in [2.75, 3.05) is 13.2 Å². The van der Waals surface area contributed by atoms with E-state index in [1.165, 1.54) is 0 Å². The van der Waals surface area contributed by atoms with Crippen LogP contribution in [0.25, 0.3) is 0 Å². The van der Waals surface area contributed by atoms with E-state index in [0.717, 1.165) is 8.96 Å². The smallest absolute Gasteiger partial charge is 0.177 e. The molecular formula is C19H20Br2O4. The molecule has 0 fully saturated rings. The highest BCUT2D eigenvalue weighted by Crippen LogP contribution is 2.16. The van der Waals surface area contributed by atoms with Crippen molar-refractivity contribution in [3.8, 4) is 5.75 Å². The lowest BCUT2D eigenvalue weighted by Gasteiger charge is -2.08. The number of hydrogen-bond acceptors (Lipinski definition) is 4. The first-order valence-electron chi connectivity index (χ1n) is 7.60. The molecule has 0 saturated carbocycles. The van der Waals surface area contributed by atoms with Crippen LogP contribution in [0.1, 0.15) is 13.3 Å². The number of carbonyl (C=O) groups excluding carboxylic acids is 2. The lowest BCUT2D eigenvalue weighted by Crippen LogP contribution is -2.20. The predicted molar refractivity (Wildman–Crippen MR) is 106 cm³/mol. The maximum absolute atomic E-state index is 11.8. The normalized spacial score (nSPS) is 12.8. The Morgan fingerprint density at radius 2 is 1.84 bits per heavy atom. The quantitative estimate of drug-likeness (QED) is 0.344. The number of benzene rings is 1. The average Bonchev–Trinajstić information content (AvgIpc) is 2.58. The summed E-state index contributed by atoms with van der Waals surface area (Å²) in [7, 11) is 0. The number of Topliss-reactive ketones (excluding diaryl/α,β-unsaturated/α-hetero) is 2. The van der Waals surface area contributed by atoms with Gasteiger partial charge in [0, 0.05) is 8.96 Å². The molecule has 0 heterocycles. The molecule has 0 N–H and O–H groups in total. The number of rotatable bonds is 11. The van der Waals surface area contributed by atoms with Crippen LogP contribution >= 0.6 is 31.9 Å². The van der Waals surface area contributed by atoms with E-state index in [1.54, 1.807) is 30.4 Å². The van der Waals surface area contributed by atoms with Gasteiger partial charge in [0.1, 0.15) is 19.0 Å². The van der Waals surface area contributed by atoms with Crippen molar-refractivity contribution in [2.24, 2.45) is 0 Å². The fourth-order valence-corrected chi connectivity index (χ4v) is 2.30. The van der Waals surface area contributed by atoms with Gasteiger partial charge in [0.15, 0.2) is 11.6 Å². The van der Waals surface area contributed by atoms with Crippen molar-refractivity contribution in [1.82, 2.24) is 0 Å². The molecule has 1 atom stereocenters. The van der Waals surface area contributed by atoms with E-state index >= 15 is 0 Å². The van der Waals surface area contributed by atoms with Gasteiger partial charge in [-0.25, -0.2) is 0 Å². The second kappa shape index (κ2) is 12.0. The molecule has 4 nitrogen and oxygen atoms in total. The molecule has 0 aliphatic carbocycles. The minimum atomic E-state index is -0.281. The van der Waals surface area contributed by atoms with Gasteiger partial charge in [0.2, 0.25) is 0 Å². The predicted octanol–water partition coefficient (Wildman–Crippen LogP) is 4.78. The maximum atomic E-state index is 11.8. The molecule has 134 valence electrons. The van der Waals surface area contributed by atoms with Gasteiger partial charge in [-0.2, -0.15) is 0 Å². The Morgan fingerprint density at radius 3 is 2.48 bits per heavy atom. The summed E-state index contributed by atoms with van der Waals surface area (Å²) in [6.45, 7) is 5.16. The Bertz CT molecular complexity index is 648. The standard InChI is InChI=1S/C19H20Br2O4/c1-3-4-15(20)6-5-14(2)24-12-17(22)11-18(23)13-25-19-9-7-16(21)8-10-19/h3-10,14H,1,11-13H2,2H3/b6-5-,15-4+. The van der Waals surface area contributed by atoms with Crippen LogP contribution in [0.2, 0.25) is 0 Å². The second-order valence-corrected chi connectivity index (χ2v) is 6.99. The highest BCUT2D eigenvalue weighted by atomic mass is 79.9. The second-order valence-electron chi connectivity index (χ2n) is 5.16. The molecule has 1 aromatic carbocycles. The van der Waals surface area contributed by atoms with Gasteiger partial charge >= 0.3 is 0 Å². The third-order valence-corrected chi connectivity index (χ3v) is 3.98. The van der Waals surface area contributed by atoms with Crippen molar-refractivity contribution >= 4 is 43.4 Å². The number of allylic oxidation sites excluding steroid dienone is 4. The van der Waals surface area contributed by atoms with Gasteiger partial charge in [-0.15, -0.1) is 0 Å². The molecule has 0 bridgehead atoms. The van der Waals surface area contributed by atoms with Gasteiger partial charge in [-0.3, -0.25) is 9.59 Å². The molecule has 1 unspecified atom stereocenters. The summed E-state index contributed by atoms with van der Waals surface area (Å²) < 4.78 is 12.5. The first-order valence-corrected chi connectivity index (χ1v) is 9.19. The summed E-state index contributed by atoms with van der Waals surface area (Å²) >= 11 is 6.66. The Labute approximate surface area is 164 Å². The van der Waals surface area contributed by atoms with Crippen molar-refractivity contribution in [3.63, 3.8) is 0 Å². The van der Waals surface area contributed by atoms with Crippen LogP contribution < -0.4 is 4.74 Å². The van der Waals surface area contributed by atoms with Crippen molar-refractivity contribution < 1.29 is 19.1 Å². The maximum Gasteiger partial charge on any atom is 0.177 e. The summed E-state index contributed by atoms with van der Waals surface area (Å²) in [4.78, 5) is 23.6. The molecule has 25 heavy (non-hydrogen) atoms. The SMILES string of the molecule is C=C/C=C(Br)\C=C/C(C)OCC(=O)CC(=O)COc1ccc(Br)cc1. The molecule has 0 aliphatic heterocycles. The Kier molecular flexibility index (Phi) is 10.3. The summed E-state index contributed by atoms with van der Waals surface area (Å²) in [5, 5.41) is 0. The lowest BCUT2D eigenvalue weighted by atomic mass is 10.2. The van der Waals surface area contributed by atoms with Crippen LogP contribution in [-0.4, -0.2) is 30.9 Å². The van der Waals surface area contributed by atoms with E-state index in [-0.39, 0.29) is 37.3 Å². The summed E-state index contributed by atoms with van der Waals surface area (Å²) in [6.07, 6.45) is 6.62. The van der Waals surface area contributed by atoms with Crippen LogP contribution in [-0.2, 0) is 14.3 Å². The average molecular weight is 472 g/mol. The van der Waals surface area contributed by atoms with E-state index in [1.807, 2.05) is 25.1 Å². The Balaban J connectivity index is 2.28. The van der Waals surface area contributed by atoms with E-state index in [9.17, 15) is 9.59 Å². The first-order chi connectivity index (χ1) is 11.9. The molecular weight excluding hydrogens is 452 g/mol. The van der Waals surface area contributed by atoms with Crippen LogP contribution in [0, 0.1) is 0 Å². The molecule has 1 rings (SSSR count). The highest BCUT2D eigenvalue weighted by molar-refractivity contribution is 9.12. The lowest BCUT2D eigenvalue weighted by molar-refractivity contribution is -0.131. The van der Waals surface area contributed by atoms with Gasteiger partial charge in [0.25, 0.3) is 0 Å². The molecule has 0 aromatic heterocycles. The van der Waals surface area contributed by atoms with E-state index < -0.39 is 0 Å². The molecule has 0 radical (unpaired) electrons. The third-order valence-electron chi connectivity index (χ3n) is 2.92. The Morgan fingerprint density at radius 1 is 1.20 bits per heavy atom. The number of halogens is 2. The van der Waals surface area contributed by atoms with E-state index in [0.29, 0.717) is 5.75 Å². The minimum Gasteiger partial charge on any atom is -0.486 e. The number of ketones is 2. The summed E-state index contributed by atoms with van der Waals surface area (Å²) in [5.74, 6) is 0.0268. The molecule has 0 amide bonds. The van der Waals surface area contributed by atoms with Crippen molar-refractivity contribution in [1.29, 1.82) is 0 Å². The number of carbonyl (C=O) groups is 2. The van der Waals surface area contributed by atoms with E-state index in [4.69, 9.17) is 9.47 Å². The highest BCUT2D eigenvalue weighted by Gasteiger charge is 2.12. The molecule has 1 aromatic rings.